The van der Waals surface area contributed by atoms with Gasteiger partial charge in [-0.1, -0.05) is 6.92 Å². The lowest BCUT2D eigenvalue weighted by atomic mass is 10.0. The fraction of sp³-hybridized carbons (Fsp3) is 0.519. The molecule has 0 saturated carbocycles. The van der Waals surface area contributed by atoms with Crippen LogP contribution in [-0.2, 0) is 9.84 Å². The Labute approximate surface area is 229 Å². The molecule has 12 heteroatoms. The van der Waals surface area contributed by atoms with E-state index in [0.29, 0.717) is 40.8 Å². The van der Waals surface area contributed by atoms with Crippen LogP contribution in [0.3, 0.4) is 0 Å². The van der Waals surface area contributed by atoms with E-state index in [9.17, 15) is 13.5 Å². The minimum atomic E-state index is -3.59. The maximum atomic E-state index is 15.2. The Bertz CT molecular complexity index is 1400. The van der Waals surface area contributed by atoms with Gasteiger partial charge in [0, 0.05) is 49.8 Å². The van der Waals surface area contributed by atoms with E-state index in [1.807, 2.05) is 32.7 Å². The van der Waals surface area contributed by atoms with Gasteiger partial charge in [-0.2, -0.15) is 5.10 Å². The summed E-state index contributed by atoms with van der Waals surface area (Å²) in [6.07, 6.45) is 5.12. The summed E-state index contributed by atoms with van der Waals surface area (Å²) in [6, 6.07) is 5.31. The molecule has 39 heavy (non-hydrogen) atoms. The molecule has 0 spiro atoms. The SMILES string of the molecule is CCS(=O)(=O)c1nn(C(C)C)cc1-c1nc(Nc2ccc(N3CCC(N(C)CCO)CC3)c(F)c2)ncc1C. The minimum absolute atomic E-state index is 0.00632. The normalized spacial score (nSPS) is 14.9. The number of sulfone groups is 1. The Morgan fingerprint density at radius 3 is 2.59 bits per heavy atom. The number of halogens is 1. The van der Waals surface area contributed by atoms with Crippen molar-refractivity contribution in [1.29, 1.82) is 0 Å². The van der Waals surface area contributed by atoms with Gasteiger partial charge in [0.05, 0.1) is 29.3 Å². The first-order valence-electron chi connectivity index (χ1n) is 13.3. The summed E-state index contributed by atoms with van der Waals surface area (Å²) in [4.78, 5) is 13.2. The molecule has 0 radical (unpaired) electrons. The number of hydrogen-bond donors (Lipinski definition) is 2. The quantitative estimate of drug-likeness (QED) is 0.383. The number of likely N-dealkylation sites (N-methyl/N-ethyl adjacent to an activating group) is 1. The molecule has 2 N–H and O–H groups in total. The van der Waals surface area contributed by atoms with Crippen LogP contribution in [0, 0.1) is 12.7 Å². The highest BCUT2D eigenvalue weighted by Crippen LogP contribution is 2.31. The summed E-state index contributed by atoms with van der Waals surface area (Å²) < 4.78 is 42.4. The molecule has 0 bridgehead atoms. The molecule has 212 valence electrons. The molecule has 1 saturated heterocycles. The number of nitrogens with zero attached hydrogens (tertiary/aromatic N) is 6. The third kappa shape index (κ3) is 6.39. The van der Waals surface area contributed by atoms with Crippen molar-refractivity contribution in [2.75, 3.05) is 49.3 Å². The number of benzene rings is 1. The average molecular weight is 560 g/mol. The molecular weight excluding hydrogens is 521 g/mol. The lowest BCUT2D eigenvalue weighted by Gasteiger charge is -2.37. The van der Waals surface area contributed by atoms with Crippen LogP contribution >= 0.6 is 0 Å². The van der Waals surface area contributed by atoms with Crippen LogP contribution in [0.25, 0.3) is 11.3 Å². The van der Waals surface area contributed by atoms with E-state index in [-0.39, 0.29) is 35.2 Å². The molecule has 0 amide bonds. The molecule has 0 aliphatic carbocycles. The third-order valence-corrected chi connectivity index (χ3v) is 8.86. The van der Waals surface area contributed by atoms with Crippen LogP contribution in [-0.4, -0.2) is 83.3 Å². The van der Waals surface area contributed by atoms with Gasteiger partial charge in [-0.3, -0.25) is 4.68 Å². The molecule has 0 atom stereocenters. The van der Waals surface area contributed by atoms with Gasteiger partial charge in [0.15, 0.2) is 14.9 Å². The van der Waals surface area contributed by atoms with E-state index in [1.54, 1.807) is 36.1 Å². The van der Waals surface area contributed by atoms with E-state index in [1.165, 1.54) is 6.07 Å². The Balaban J connectivity index is 1.55. The number of hydrogen-bond acceptors (Lipinski definition) is 9. The lowest BCUT2D eigenvalue weighted by Crippen LogP contribution is -2.44. The second kappa shape index (κ2) is 12.0. The van der Waals surface area contributed by atoms with Gasteiger partial charge in [-0.15, -0.1) is 0 Å². The van der Waals surface area contributed by atoms with Crippen molar-refractivity contribution >= 4 is 27.2 Å². The van der Waals surface area contributed by atoms with Crippen molar-refractivity contribution in [2.45, 2.75) is 57.6 Å². The number of anilines is 3. The maximum absolute atomic E-state index is 15.2. The van der Waals surface area contributed by atoms with Gasteiger partial charge in [-0.05, 0) is 64.4 Å². The second-order valence-corrected chi connectivity index (χ2v) is 12.5. The van der Waals surface area contributed by atoms with Crippen LogP contribution in [0.5, 0.6) is 0 Å². The molecule has 1 aliphatic heterocycles. The zero-order valence-corrected chi connectivity index (χ0v) is 24.0. The highest BCUT2D eigenvalue weighted by Gasteiger charge is 2.26. The van der Waals surface area contributed by atoms with Crippen LogP contribution < -0.4 is 10.2 Å². The van der Waals surface area contributed by atoms with Crippen molar-refractivity contribution in [3.63, 3.8) is 0 Å². The Kier molecular flexibility index (Phi) is 8.87. The summed E-state index contributed by atoms with van der Waals surface area (Å²) in [5, 5.41) is 16.6. The van der Waals surface area contributed by atoms with E-state index in [4.69, 9.17) is 0 Å². The molecule has 1 aliphatic rings. The van der Waals surface area contributed by atoms with Gasteiger partial charge < -0.3 is 20.2 Å². The molecule has 3 heterocycles. The zero-order chi connectivity index (χ0) is 28.3. The van der Waals surface area contributed by atoms with Crippen molar-refractivity contribution in [2.24, 2.45) is 0 Å². The Hall–Kier alpha value is -3.09. The Morgan fingerprint density at radius 1 is 1.26 bits per heavy atom. The maximum Gasteiger partial charge on any atom is 0.227 e. The van der Waals surface area contributed by atoms with Gasteiger partial charge in [0.25, 0.3) is 0 Å². The van der Waals surface area contributed by atoms with Crippen molar-refractivity contribution in [3.05, 3.63) is 42.0 Å². The second-order valence-electron chi connectivity index (χ2n) is 10.3. The average Bonchev–Trinajstić information content (AvgIpc) is 3.37. The van der Waals surface area contributed by atoms with Crippen LogP contribution in [0.4, 0.5) is 21.7 Å². The van der Waals surface area contributed by atoms with E-state index < -0.39 is 9.84 Å². The largest absolute Gasteiger partial charge is 0.395 e. The smallest absolute Gasteiger partial charge is 0.227 e. The van der Waals surface area contributed by atoms with E-state index >= 15 is 4.39 Å². The number of nitrogens with one attached hydrogen (secondary N) is 1. The van der Waals surface area contributed by atoms with Gasteiger partial charge in [0.1, 0.15) is 5.82 Å². The van der Waals surface area contributed by atoms with Crippen molar-refractivity contribution < 1.29 is 17.9 Å². The highest BCUT2D eigenvalue weighted by atomic mass is 32.2. The monoisotopic (exact) mass is 559 g/mol. The molecule has 1 aromatic carbocycles. The molecule has 4 rings (SSSR count). The first kappa shape index (κ1) is 28.9. The fourth-order valence-electron chi connectivity index (χ4n) is 4.80. The fourth-order valence-corrected chi connectivity index (χ4v) is 5.78. The molecular formula is C27H38FN7O3S. The number of aromatic nitrogens is 4. The molecule has 10 nitrogen and oxygen atoms in total. The van der Waals surface area contributed by atoms with Crippen LogP contribution in [0.15, 0.2) is 35.6 Å². The first-order chi connectivity index (χ1) is 18.5. The Morgan fingerprint density at radius 2 is 1.97 bits per heavy atom. The predicted molar refractivity (Wildman–Crippen MR) is 151 cm³/mol. The molecule has 2 aromatic heterocycles. The highest BCUT2D eigenvalue weighted by molar-refractivity contribution is 7.91. The van der Waals surface area contributed by atoms with Crippen molar-refractivity contribution in [1.82, 2.24) is 24.6 Å². The van der Waals surface area contributed by atoms with Crippen LogP contribution in [0.1, 0.15) is 45.2 Å². The summed E-state index contributed by atoms with van der Waals surface area (Å²) >= 11 is 0. The van der Waals surface area contributed by atoms with Gasteiger partial charge in [-0.25, -0.2) is 22.8 Å². The number of piperidine rings is 1. The number of aliphatic hydroxyl groups is 1. The molecule has 3 aromatic rings. The summed E-state index contributed by atoms with van der Waals surface area (Å²) in [6.45, 7) is 9.50. The summed E-state index contributed by atoms with van der Waals surface area (Å²) in [7, 11) is -1.58. The van der Waals surface area contributed by atoms with Gasteiger partial charge >= 0.3 is 0 Å². The van der Waals surface area contributed by atoms with Gasteiger partial charge in [0.2, 0.25) is 5.95 Å². The van der Waals surface area contributed by atoms with E-state index in [0.717, 1.165) is 25.9 Å². The minimum Gasteiger partial charge on any atom is -0.395 e. The number of aliphatic hydroxyl groups excluding tert-OH is 1. The lowest BCUT2D eigenvalue weighted by molar-refractivity contribution is 0.161. The first-order valence-corrected chi connectivity index (χ1v) is 15.0. The third-order valence-electron chi connectivity index (χ3n) is 7.21. The van der Waals surface area contributed by atoms with Crippen molar-refractivity contribution in [3.8, 4) is 11.3 Å². The van der Waals surface area contributed by atoms with E-state index in [2.05, 4.69) is 25.3 Å². The molecule has 1 fully saturated rings. The topological polar surface area (TPSA) is 116 Å². The zero-order valence-electron chi connectivity index (χ0n) is 23.2. The summed E-state index contributed by atoms with van der Waals surface area (Å²) in [5.74, 6) is -0.191. The summed E-state index contributed by atoms with van der Waals surface area (Å²) in [5.41, 5.74) is 2.61. The number of aryl methyl sites for hydroxylation is 1. The predicted octanol–water partition coefficient (Wildman–Crippen LogP) is 3.80. The number of rotatable bonds is 10. The van der Waals surface area contributed by atoms with Crippen LogP contribution in [0.2, 0.25) is 0 Å². The standard InChI is InChI=1S/C27H38FN7O3S/c1-6-39(37,38)26-22(17-35(32-26)18(2)3)25-19(4)16-29-27(31-25)30-20-7-8-24(23(28)15-20)34-11-9-21(10-12-34)33(5)13-14-36/h7-8,15-18,21,36H,6,9-14H2,1-5H3,(H,29,30,31). The molecule has 0 unspecified atom stereocenters.